The van der Waals surface area contributed by atoms with Crippen molar-refractivity contribution in [3.63, 3.8) is 0 Å². The van der Waals surface area contributed by atoms with E-state index in [0.29, 0.717) is 5.69 Å². The average molecular weight is 384 g/mol. The van der Waals surface area contributed by atoms with Gasteiger partial charge in [0, 0.05) is 12.1 Å². The van der Waals surface area contributed by atoms with E-state index >= 15 is 0 Å². The molecule has 0 N–H and O–H groups in total. The first kappa shape index (κ1) is 21.1. The fourth-order valence-electron chi connectivity index (χ4n) is 0.771. The second-order valence-corrected chi connectivity index (χ2v) is 7.39. The topological polar surface area (TPSA) is 96.4 Å². The number of benzene rings is 1. The zero-order valence-corrected chi connectivity index (χ0v) is 12.2. The van der Waals surface area contributed by atoms with Gasteiger partial charge in [-0.2, -0.15) is 26.3 Å². The molecule has 0 heterocycles. The Kier molecular flexibility index (Phi) is 6.55. The summed E-state index contributed by atoms with van der Waals surface area (Å²) in [5, 5.41) is 6.40. The maximum absolute atomic E-state index is 11.5. The summed E-state index contributed by atoms with van der Waals surface area (Å²) in [7, 11) is -12.9. The minimum atomic E-state index is -6.47. The number of hydrogen-bond acceptors (Lipinski definition) is 5. The number of alkyl halides is 6. The molecule has 14 heteroatoms. The molecule has 1 rings (SSSR count). The highest BCUT2D eigenvalue weighted by Gasteiger charge is 2.47. The van der Waals surface area contributed by atoms with E-state index in [2.05, 4.69) is 4.98 Å². The lowest BCUT2D eigenvalue weighted by atomic mass is 10.3. The SMILES string of the molecule is N#[N+]c1ccccc1.O=S(=O)([CH-]S(=O)(=O)C(F)(F)F)C(F)(F)F. The van der Waals surface area contributed by atoms with Gasteiger partial charge in [-0.25, -0.2) is 0 Å². The summed E-state index contributed by atoms with van der Waals surface area (Å²) < 4.78 is 109. The summed E-state index contributed by atoms with van der Waals surface area (Å²) in [6, 6.07) is 8.94. The smallest absolute Gasteiger partial charge is 0.253 e. The Labute approximate surface area is 126 Å². The van der Waals surface area contributed by atoms with Gasteiger partial charge in [-0.3, -0.25) is 16.8 Å². The van der Waals surface area contributed by atoms with Crippen molar-refractivity contribution in [2.75, 3.05) is 0 Å². The molecule has 130 valence electrons. The van der Waals surface area contributed by atoms with Gasteiger partial charge in [0.15, 0.2) is 4.98 Å². The molecule has 0 unspecified atom stereocenters. The third-order valence-electron chi connectivity index (χ3n) is 1.77. The van der Waals surface area contributed by atoms with Gasteiger partial charge in [0.2, 0.25) is 5.39 Å². The lowest BCUT2D eigenvalue weighted by Gasteiger charge is -2.18. The summed E-state index contributed by atoms with van der Waals surface area (Å²) >= 11 is 0. The van der Waals surface area contributed by atoms with Crippen LogP contribution in [0, 0.1) is 10.5 Å². The van der Waals surface area contributed by atoms with Crippen LogP contribution in [0.3, 0.4) is 0 Å². The van der Waals surface area contributed by atoms with Crippen molar-refractivity contribution < 1.29 is 43.2 Å². The van der Waals surface area contributed by atoms with Crippen LogP contribution in [-0.4, -0.2) is 27.9 Å². The third kappa shape index (κ3) is 6.40. The zero-order chi connectivity index (χ0) is 18.5. The molecule has 0 saturated heterocycles. The molecular formula is C9H6F6N2O4S2. The number of halogens is 6. The predicted octanol–water partition coefficient (Wildman–Crippen LogP) is 3.15. The monoisotopic (exact) mass is 384 g/mol. The molecule has 0 amide bonds. The Morgan fingerprint density at radius 3 is 1.39 bits per heavy atom. The number of rotatable bonds is 2. The van der Waals surface area contributed by atoms with Gasteiger partial charge in [-0.05, 0) is 0 Å². The lowest BCUT2D eigenvalue weighted by molar-refractivity contribution is -0.0446. The quantitative estimate of drug-likeness (QED) is 0.443. The molecule has 0 bridgehead atoms. The molecule has 0 spiro atoms. The maximum atomic E-state index is 11.5. The second kappa shape index (κ2) is 7.13. The van der Waals surface area contributed by atoms with E-state index in [4.69, 9.17) is 5.39 Å². The molecule has 0 radical (unpaired) electrons. The van der Waals surface area contributed by atoms with Crippen LogP contribution in [0.1, 0.15) is 0 Å². The highest BCUT2D eigenvalue weighted by Crippen LogP contribution is 2.33. The van der Waals surface area contributed by atoms with E-state index in [1.807, 2.05) is 18.2 Å². The van der Waals surface area contributed by atoms with E-state index in [1.165, 1.54) is 0 Å². The molecule has 0 saturated carbocycles. The Balaban J connectivity index is 0.000000502. The Morgan fingerprint density at radius 2 is 1.17 bits per heavy atom. The van der Waals surface area contributed by atoms with Crippen molar-refractivity contribution >= 4 is 25.4 Å². The van der Waals surface area contributed by atoms with Crippen LogP contribution in [0.5, 0.6) is 0 Å². The normalized spacial score (nSPS) is 12.7. The second-order valence-electron chi connectivity index (χ2n) is 3.51. The van der Waals surface area contributed by atoms with Crippen LogP contribution in [0.25, 0.3) is 4.98 Å². The van der Waals surface area contributed by atoms with Crippen molar-refractivity contribution in [3.8, 4) is 0 Å². The van der Waals surface area contributed by atoms with Crippen LogP contribution in [0.15, 0.2) is 30.3 Å². The molecule has 0 atom stereocenters. The minimum absolute atomic E-state index is 0.590. The zero-order valence-electron chi connectivity index (χ0n) is 10.6. The highest BCUT2D eigenvalue weighted by atomic mass is 32.3. The highest BCUT2D eigenvalue weighted by molar-refractivity contribution is 8.12. The molecule has 23 heavy (non-hydrogen) atoms. The molecular weight excluding hydrogens is 378 g/mol. The van der Waals surface area contributed by atoms with Crippen LogP contribution >= 0.6 is 0 Å². The van der Waals surface area contributed by atoms with Crippen LogP contribution in [-0.2, 0) is 19.7 Å². The van der Waals surface area contributed by atoms with E-state index in [0.717, 1.165) is 0 Å². The molecule has 1 aromatic rings. The first-order valence-electron chi connectivity index (χ1n) is 5.01. The Hall–Kier alpha value is -1.88. The Morgan fingerprint density at radius 1 is 0.826 bits per heavy atom. The van der Waals surface area contributed by atoms with Crippen LogP contribution < -0.4 is 0 Å². The summed E-state index contributed by atoms with van der Waals surface area (Å²) in [5.41, 5.74) is -11.6. The van der Waals surface area contributed by atoms with Crippen molar-refractivity contribution in [1.82, 2.24) is 0 Å². The van der Waals surface area contributed by atoms with Gasteiger partial charge in [-0.1, -0.05) is 23.3 Å². The molecule has 0 fully saturated rings. The first-order chi connectivity index (χ1) is 10.1. The van der Waals surface area contributed by atoms with Gasteiger partial charge >= 0.3 is 16.7 Å². The Bertz CT molecular complexity index is 721. The van der Waals surface area contributed by atoms with Crippen molar-refractivity contribution in [3.05, 3.63) is 40.4 Å². The van der Waals surface area contributed by atoms with Gasteiger partial charge in [0.05, 0.1) is 0 Å². The van der Waals surface area contributed by atoms with Gasteiger partial charge in [-0.15, -0.1) is 0 Å². The van der Waals surface area contributed by atoms with E-state index in [9.17, 15) is 43.2 Å². The number of sulfone groups is 2. The summed E-state index contributed by atoms with van der Waals surface area (Å²) in [6.45, 7) is 0. The van der Waals surface area contributed by atoms with E-state index in [1.54, 1.807) is 12.1 Å². The van der Waals surface area contributed by atoms with Gasteiger partial charge in [0.25, 0.3) is 0 Å². The molecule has 6 nitrogen and oxygen atoms in total. The van der Waals surface area contributed by atoms with Crippen molar-refractivity contribution in [2.24, 2.45) is 0 Å². The molecule has 0 aromatic heterocycles. The summed E-state index contributed by atoms with van der Waals surface area (Å²) in [5.74, 6) is 0. The van der Waals surface area contributed by atoms with E-state index < -0.39 is 35.8 Å². The van der Waals surface area contributed by atoms with Gasteiger partial charge in [0.1, 0.15) is 19.7 Å². The van der Waals surface area contributed by atoms with Crippen molar-refractivity contribution in [2.45, 2.75) is 11.0 Å². The van der Waals surface area contributed by atoms with Crippen LogP contribution in [0.4, 0.5) is 32.0 Å². The summed E-state index contributed by atoms with van der Waals surface area (Å²) in [4.78, 5) is 2.97. The van der Waals surface area contributed by atoms with Crippen LogP contribution in [0.2, 0.25) is 0 Å². The fourth-order valence-corrected chi connectivity index (χ4v) is 2.98. The molecule has 0 aliphatic carbocycles. The molecule has 1 aromatic carbocycles. The summed E-state index contributed by atoms with van der Waals surface area (Å²) in [6.07, 6.45) is 0. The standard InChI is InChI=1S/C6H5N2.C3HF6O4S2/c7-8-6-4-2-1-3-5-6;4-2(5,6)14(10,11)1-15(12,13)3(7,8)9/h1-5H;1H/q+1;-1. The number of nitrogens with zero attached hydrogens (tertiary/aromatic N) is 2. The minimum Gasteiger partial charge on any atom is -0.253 e. The third-order valence-corrected chi connectivity index (χ3v) is 5.09. The predicted molar refractivity (Wildman–Crippen MR) is 65.4 cm³/mol. The molecule has 0 aliphatic heterocycles. The fraction of sp³-hybridized carbons (Fsp3) is 0.222. The first-order valence-corrected chi connectivity index (χ1v) is 8.11. The maximum Gasteiger partial charge on any atom is 0.469 e. The molecule has 0 aliphatic rings. The van der Waals surface area contributed by atoms with Gasteiger partial charge < -0.3 is 0 Å². The number of hydrogen-bond donors (Lipinski definition) is 0. The number of diazo groups is 1. The average Bonchev–Trinajstić information content (AvgIpc) is 2.36. The van der Waals surface area contributed by atoms with Crippen molar-refractivity contribution in [1.29, 1.82) is 5.39 Å². The largest absolute Gasteiger partial charge is 0.469 e. The van der Waals surface area contributed by atoms with E-state index in [-0.39, 0.29) is 0 Å². The lowest BCUT2D eigenvalue weighted by Crippen LogP contribution is -2.32.